The maximum atomic E-state index is 8.74. The predicted molar refractivity (Wildman–Crippen MR) is 45.5 cm³/mol. The van der Waals surface area contributed by atoms with Crippen molar-refractivity contribution < 1.29 is 17.5 Å². The van der Waals surface area contributed by atoms with E-state index in [0.717, 1.165) is 0 Å². The number of hydrogen-bond acceptors (Lipinski definition) is 3. The number of rotatable bonds is 0. The Balaban J connectivity index is 0.000000217. The Morgan fingerprint density at radius 1 is 0.917 bits per heavy atom. The molecule has 0 unspecified atom stereocenters. The van der Waals surface area contributed by atoms with Gasteiger partial charge in [0.05, 0.1) is 0 Å². The Bertz CT molecular complexity index is 162. The fourth-order valence-electron chi connectivity index (χ4n) is 0.979. The van der Waals surface area contributed by atoms with E-state index in [9.17, 15) is 0 Å². The molecule has 1 rings (SSSR count). The van der Waals surface area contributed by atoms with Crippen molar-refractivity contribution in [1.29, 1.82) is 0 Å². The van der Waals surface area contributed by atoms with Crippen LogP contribution in [0.5, 0.6) is 0 Å². The van der Waals surface area contributed by atoms with Crippen LogP contribution in [0.1, 0.15) is 25.7 Å². The third-order valence-corrected chi connectivity index (χ3v) is 1.46. The molecule has 0 radical (unpaired) electrons. The number of hydrogen-bond donors (Lipinski definition) is 3. The van der Waals surface area contributed by atoms with E-state index in [2.05, 4.69) is 5.32 Å². The van der Waals surface area contributed by atoms with Gasteiger partial charge in [-0.1, -0.05) is 12.8 Å². The monoisotopic (exact) mass is 197 g/mol. The molecule has 6 heteroatoms. The summed E-state index contributed by atoms with van der Waals surface area (Å²) in [5, 5.41) is 3.35. The molecule has 0 atom stereocenters. The molecule has 74 valence electrons. The maximum absolute atomic E-state index is 8.74. The van der Waals surface area contributed by atoms with Crippen molar-refractivity contribution in [2.45, 2.75) is 25.7 Å². The average molecular weight is 197 g/mol. The zero-order valence-electron chi connectivity index (χ0n) is 6.86. The number of nitrogens with one attached hydrogen (secondary N) is 1. The SMILES string of the molecule is C1CCCNCC1.O=S(=O)(O)O. The van der Waals surface area contributed by atoms with Gasteiger partial charge in [0, 0.05) is 0 Å². The summed E-state index contributed by atoms with van der Waals surface area (Å²) in [7, 11) is -4.67. The smallest absolute Gasteiger partial charge is 0.317 e. The zero-order valence-corrected chi connectivity index (χ0v) is 7.68. The summed E-state index contributed by atoms with van der Waals surface area (Å²) in [6.45, 7) is 2.50. The highest BCUT2D eigenvalue weighted by Crippen LogP contribution is 2.00. The molecule has 0 spiro atoms. The van der Waals surface area contributed by atoms with Crippen molar-refractivity contribution in [2.24, 2.45) is 0 Å². The Labute approximate surface area is 72.7 Å². The molecule has 1 saturated heterocycles. The van der Waals surface area contributed by atoms with E-state index in [1.165, 1.54) is 38.8 Å². The van der Waals surface area contributed by atoms with Gasteiger partial charge in [0.15, 0.2) is 0 Å². The van der Waals surface area contributed by atoms with E-state index < -0.39 is 10.4 Å². The standard InChI is InChI=1S/C6H13N.H2O4S/c1-2-4-6-7-5-3-1;1-5(2,3)4/h7H,1-6H2;(H2,1,2,3,4). The lowest BCUT2D eigenvalue weighted by molar-refractivity contribution is 0.381. The Hall–Kier alpha value is -0.170. The third-order valence-electron chi connectivity index (χ3n) is 1.46. The van der Waals surface area contributed by atoms with Crippen LogP contribution in [0.2, 0.25) is 0 Å². The molecule has 0 saturated carbocycles. The van der Waals surface area contributed by atoms with Crippen molar-refractivity contribution in [1.82, 2.24) is 5.32 Å². The Morgan fingerprint density at radius 2 is 1.25 bits per heavy atom. The van der Waals surface area contributed by atoms with Crippen LogP contribution in [0.25, 0.3) is 0 Å². The fourth-order valence-corrected chi connectivity index (χ4v) is 0.979. The first-order chi connectivity index (χ1) is 5.50. The van der Waals surface area contributed by atoms with Crippen LogP contribution in [0.4, 0.5) is 0 Å². The zero-order chi connectivity index (χ0) is 9.45. The van der Waals surface area contributed by atoms with Crippen LogP contribution in [0.3, 0.4) is 0 Å². The second-order valence-electron chi connectivity index (χ2n) is 2.61. The molecule has 0 aromatic carbocycles. The summed E-state index contributed by atoms with van der Waals surface area (Å²) in [5.74, 6) is 0. The fraction of sp³-hybridized carbons (Fsp3) is 1.00. The Morgan fingerprint density at radius 3 is 1.58 bits per heavy atom. The van der Waals surface area contributed by atoms with Gasteiger partial charge in [-0.15, -0.1) is 0 Å². The first-order valence-corrected chi connectivity index (χ1v) is 5.30. The van der Waals surface area contributed by atoms with E-state index in [4.69, 9.17) is 17.5 Å². The molecular weight excluding hydrogens is 182 g/mol. The highest BCUT2D eigenvalue weighted by Gasteiger charge is 1.94. The topological polar surface area (TPSA) is 86.6 Å². The van der Waals surface area contributed by atoms with Crippen LogP contribution >= 0.6 is 0 Å². The van der Waals surface area contributed by atoms with Crippen molar-refractivity contribution >= 4 is 10.4 Å². The second kappa shape index (κ2) is 6.36. The van der Waals surface area contributed by atoms with Crippen LogP contribution in [0.15, 0.2) is 0 Å². The average Bonchev–Trinajstić information content (AvgIpc) is 2.10. The van der Waals surface area contributed by atoms with Crippen molar-refractivity contribution in [3.63, 3.8) is 0 Å². The van der Waals surface area contributed by atoms with Gasteiger partial charge < -0.3 is 5.32 Å². The molecule has 1 fully saturated rings. The van der Waals surface area contributed by atoms with Crippen molar-refractivity contribution in [3.05, 3.63) is 0 Å². The molecule has 0 aromatic rings. The summed E-state index contributed by atoms with van der Waals surface area (Å²) in [6.07, 6.45) is 5.65. The maximum Gasteiger partial charge on any atom is 0.394 e. The molecular formula is C6H15NO4S. The van der Waals surface area contributed by atoms with Crippen LogP contribution in [-0.4, -0.2) is 30.6 Å². The van der Waals surface area contributed by atoms with E-state index in [1.54, 1.807) is 0 Å². The van der Waals surface area contributed by atoms with Gasteiger partial charge in [-0.25, -0.2) is 0 Å². The molecule has 1 aliphatic rings. The van der Waals surface area contributed by atoms with Gasteiger partial charge >= 0.3 is 10.4 Å². The van der Waals surface area contributed by atoms with Gasteiger partial charge in [0.2, 0.25) is 0 Å². The minimum absolute atomic E-state index is 1.25. The summed E-state index contributed by atoms with van der Waals surface area (Å²) in [5.41, 5.74) is 0. The van der Waals surface area contributed by atoms with E-state index in [0.29, 0.717) is 0 Å². The normalized spacial score (nSPS) is 18.8. The van der Waals surface area contributed by atoms with Gasteiger partial charge in [0.1, 0.15) is 0 Å². The van der Waals surface area contributed by atoms with Crippen LogP contribution in [0, 0.1) is 0 Å². The van der Waals surface area contributed by atoms with Crippen LogP contribution in [-0.2, 0) is 10.4 Å². The minimum Gasteiger partial charge on any atom is -0.317 e. The van der Waals surface area contributed by atoms with E-state index in [1.807, 2.05) is 0 Å². The van der Waals surface area contributed by atoms with Crippen LogP contribution < -0.4 is 5.32 Å². The lowest BCUT2D eigenvalue weighted by Crippen LogP contribution is -2.12. The largest absolute Gasteiger partial charge is 0.394 e. The molecule has 1 heterocycles. The van der Waals surface area contributed by atoms with Gasteiger partial charge in [-0.3, -0.25) is 9.11 Å². The molecule has 5 nitrogen and oxygen atoms in total. The van der Waals surface area contributed by atoms with E-state index in [-0.39, 0.29) is 0 Å². The lowest BCUT2D eigenvalue weighted by Gasteiger charge is -1.91. The molecule has 3 N–H and O–H groups in total. The summed E-state index contributed by atoms with van der Waals surface area (Å²) in [4.78, 5) is 0. The Kier molecular flexibility index (Phi) is 6.27. The lowest BCUT2D eigenvalue weighted by atomic mass is 10.2. The minimum atomic E-state index is -4.67. The first-order valence-electron chi connectivity index (χ1n) is 3.91. The predicted octanol–water partition coefficient (Wildman–Crippen LogP) is 0.497. The highest BCUT2D eigenvalue weighted by atomic mass is 32.3. The molecule has 0 aromatic heterocycles. The van der Waals surface area contributed by atoms with E-state index >= 15 is 0 Å². The summed E-state index contributed by atoms with van der Waals surface area (Å²) >= 11 is 0. The van der Waals surface area contributed by atoms with Gasteiger partial charge in [-0.2, -0.15) is 8.42 Å². The van der Waals surface area contributed by atoms with Gasteiger partial charge in [-0.05, 0) is 25.9 Å². The quantitative estimate of drug-likeness (QED) is 0.492. The van der Waals surface area contributed by atoms with Gasteiger partial charge in [0.25, 0.3) is 0 Å². The second-order valence-corrected chi connectivity index (χ2v) is 3.51. The van der Waals surface area contributed by atoms with Crippen molar-refractivity contribution in [3.8, 4) is 0 Å². The first kappa shape index (κ1) is 11.8. The summed E-state index contributed by atoms with van der Waals surface area (Å²) in [6, 6.07) is 0. The molecule has 0 amide bonds. The summed E-state index contributed by atoms with van der Waals surface area (Å²) < 4.78 is 31.6. The molecule has 0 bridgehead atoms. The molecule has 0 aliphatic carbocycles. The molecule has 1 aliphatic heterocycles. The molecule has 12 heavy (non-hydrogen) atoms. The third kappa shape index (κ3) is 16.4. The van der Waals surface area contributed by atoms with Crippen molar-refractivity contribution in [2.75, 3.05) is 13.1 Å². The highest BCUT2D eigenvalue weighted by molar-refractivity contribution is 7.79.